The summed E-state index contributed by atoms with van der Waals surface area (Å²) < 4.78 is 2.16. The summed E-state index contributed by atoms with van der Waals surface area (Å²) in [6.45, 7) is 5.13. The molecule has 0 radical (unpaired) electrons. The van der Waals surface area contributed by atoms with Crippen LogP contribution in [0.3, 0.4) is 0 Å². The first-order valence-electron chi connectivity index (χ1n) is 10.2. The van der Waals surface area contributed by atoms with E-state index in [1.165, 1.54) is 0 Å². The predicted octanol–water partition coefficient (Wildman–Crippen LogP) is 1.17. The minimum Gasteiger partial charge on any atom is -0.338 e. The van der Waals surface area contributed by atoms with Gasteiger partial charge in [-0.15, -0.1) is 10.2 Å². The molecule has 2 amide bonds. The number of nitrogens with one attached hydrogen (secondary N) is 1. The van der Waals surface area contributed by atoms with Crippen LogP contribution in [-0.4, -0.2) is 75.4 Å². The molecule has 0 atom stereocenters. The van der Waals surface area contributed by atoms with Crippen molar-refractivity contribution in [1.29, 1.82) is 0 Å². The lowest BCUT2D eigenvalue weighted by atomic mass is 9.97. The Morgan fingerprint density at radius 3 is 2.82 bits per heavy atom. The van der Waals surface area contributed by atoms with Crippen LogP contribution >= 0.6 is 0 Å². The third-order valence-corrected chi connectivity index (χ3v) is 5.86. The largest absolute Gasteiger partial charge is 0.338 e. The third-order valence-electron chi connectivity index (χ3n) is 5.86. The molecule has 4 heterocycles. The van der Waals surface area contributed by atoms with E-state index in [1.807, 2.05) is 23.2 Å². The van der Waals surface area contributed by atoms with Crippen LogP contribution < -0.4 is 5.32 Å². The molecule has 1 N–H and O–H groups in total. The van der Waals surface area contributed by atoms with Gasteiger partial charge in [0.1, 0.15) is 11.6 Å². The summed E-state index contributed by atoms with van der Waals surface area (Å²) in [6.07, 6.45) is 7.41. The topological polar surface area (TPSA) is 79.2 Å². The Balaban J connectivity index is 1.31. The van der Waals surface area contributed by atoms with Gasteiger partial charge in [0, 0.05) is 51.4 Å². The molecule has 0 aliphatic carbocycles. The maximum atomic E-state index is 12.7. The van der Waals surface area contributed by atoms with Crippen LogP contribution in [0.5, 0.6) is 0 Å². The molecule has 8 nitrogen and oxygen atoms in total. The third kappa shape index (κ3) is 4.49. The summed E-state index contributed by atoms with van der Waals surface area (Å²) in [5.74, 6) is 2.50. The van der Waals surface area contributed by atoms with Crippen molar-refractivity contribution in [2.24, 2.45) is 5.92 Å². The molecule has 0 unspecified atom stereocenters. The molecule has 1 saturated heterocycles. The Hall–Kier alpha value is -2.48. The molecular formula is C20H29N7O. The van der Waals surface area contributed by atoms with Gasteiger partial charge < -0.3 is 19.7 Å². The van der Waals surface area contributed by atoms with Crippen LogP contribution in [0, 0.1) is 5.92 Å². The lowest BCUT2D eigenvalue weighted by Crippen LogP contribution is -2.44. The highest BCUT2D eigenvalue weighted by Crippen LogP contribution is 2.16. The van der Waals surface area contributed by atoms with Crippen LogP contribution in [0.25, 0.3) is 0 Å². The van der Waals surface area contributed by atoms with Gasteiger partial charge in [-0.3, -0.25) is 4.98 Å². The van der Waals surface area contributed by atoms with Gasteiger partial charge in [0.05, 0.1) is 0 Å². The van der Waals surface area contributed by atoms with Crippen molar-refractivity contribution in [3.63, 3.8) is 0 Å². The van der Waals surface area contributed by atoms with E-state index < -0.39 is 0 Å². The quantitative estimate of drug-likeness (QED) is 0.858. The molecule has 2 aromatic heterocycles. The molecule has 150 valence electrons. The monoisotopic (exact) mass is 383 g/mol. The molecule has 2 aliphatic rings. The number of hydrogen-bond donors (Lipinski definition) is 1. The number of carbonyl (C=O) groups excluding carboxylic acids is 1. The number of nitrogens with zero attached hydrogens (tertiary/aromatic N) is 6. The second kappa shape index (κ2) is 8.68. The van der Waals surface area contributed by atoms with E-state index in [0.29, 0.717) is 25.4 Å². The van der Waals surface area contributed by atoms with E-state index in [-0.39, 0.29) is 6.03 Å². The van der Waals surface area contributed by atoms with Crippen molar-refractivity contribution in [3.05, 3.63) is 41.7 Å². The molecule has 0 spiro atoms. The SMILES string of the molecule is CN1CCC(CNC(=O)N2CCc3nnc(Cc4cccnc4)n3CC2)CC1. The maximum Gasteiger partial charge on any atom is 0.317 e. The molecule has 4 rings (SSSR count). The standard InChI is InChI=1S/C20H29N7O/c1-25-8-4-16(5-9-25)15-22-20(28)26-10-6-18-23-24-19(27(18)12-11-26)13-17-3-2-7-21-14-17/h2-3,7,14,16H,4-6,8-13,15H2,1H3,(H,22,28). The number of pyridine rings is 1. The zero-order chi connectivity index (χ0) is 19.3. The highest BCUT2D eigenvalue weighted by molar-refractivity contribution is 5.74. The minimum atomic E-state index is 0.0476. The number of fused-ring (bicyclic) bond motifs is 1. The first kappa shape index (κ1) is 18.9. The van der Waals surface area contributed by atoms with Crippen LogP contribution in [0.2, 0.25) is 0 Å². The fourth-order valence-corrected chi connectivity index (χ4v) is 4.01. The summed E-state index contributed by atoms with van der Waals surface area (Å²) in [4.78, 5) is 21.1. The van der Waals surface area contributed by atoms with E-state index in [4.69, 9.17) is 0 Å². The number of hydrogen-bond acceptors (Lipinski definition) is 5. The molecule has 2 aromatic rings. The number of rotatable bonds is 4. The zero-order valence-corrected chi connectivity index (χ0v) is 16.5. The van der Waals surface area contributed by atoms with Crippen LogP contribution in [-0.2, 0) is 19.4 Å². The van der Waals surface area contributed by atoms with E-state index >= 15 is 0 Å². The van der Waals surface area contributed by atoms with Crippen molar-refractivity contribution in [2.75, 3.05) is 39.8 Å². The van der Waals surface area contributed by atoms with Crippen LogP contribution in [0.1, 0.15) is 30.1 Å². The van der Waals surface area contributed by atoms with Crippen molar-refractivity contribution in [3.8, 4) is 0 Å². The van der Waals surface area contributed by atoms with E-state index in [2.05, 4.69) is 37.0 Å². The fourth-order valence-electron chi connectivity index (χ4n) is 4.01. The van der Waals surface area contributed by atoms with Gasteiger partial charge in [0.15, 0.2) is 0 Å². The molecule has 28 heavy (non-hydrogen) atoms. The van der Waals surface area contributed by atoms with Crippen molar-refractivity contribution in [2.45, 2.75) is 32.2 Å². The van der Waals surface area contributed by atoms with Gasteiger partial charge in [-0.05, 0) is 50.5 Å². The molecule has 8 heteroatoms. The Morgan fingerprint density at radius 1 is 1.18 bits per heavy atom. The van der Waals surface area contributed by atoms with Gasteiger partial charge >= 0.3 is 6.03 Å². The van der Waals surface area contributed by atoms with Gasteiger partial charge in [-0.25, -0.2) is 4.79 Å². The smallest absolute Gasteiger partial charge is 0.317 e. The van der Waals surface area contributed by atoms with Crippen LogP contribution in [0.15, 0.2) is 24.5 Å². The summed E-state index contributed by atoms with van der Waals surface area (Å²) >= 11 is 0. The normalized spacial score (nSPS) is 18.5. The second-order valence-corrected chi connectivity index (χ2v) is 7.89. The Kier molecular flexibility index (Phi) is 5.85. The number of carbonyl (C=O) groups is 1. The molecule has 2 aliphatic heterocycles. The van der Waals surface area contributed by atoms with Crippen LogP contribution in [0.4, 0.5) is 4.79 Å². The Labute approximate surface area is 165 Å². The van der Waals surface area contributed by atoms with Gasteiger partial charge in [-0.1, -0.05) is 6.07 Å². The van der Waals surface area contributed by atoms with E-state index in [9.17, 15) is 4.79 Å². The lowest BCUT2D eigenvalue weighted by molar-refractivity contribution is 0.187. The summed E-state index contributed by atoms with van der Waals surface area (Å²) in [5.41, 5.74) is 1.12. The van der Waals surface area contributed by atoms with E-state index in [0.717, 1.165) is 62.7 Å². The second-order valence-electron chi connectivity index (χ2n) is 7.89. The zero-order valence-electron chi connectivity index (χ0n) is 16.5. The van der Waals surface area contributed by atoms with Gasteiger partial charge in [0.2, 0.25) is 0 Å². The predicted molar refractivity (Wildman–Crippen MR) is 106 cm³/mol. The Bertz CT molecular complexity index is 783. The van der Waals surface area contributed by atoms with Gasteiger partial charge in [0.25, 0.3) is 0 Å². The first-order valence-corrected chi connectivity index (χ1v) is 10.2. The van der Waals surface area contributed by atoms with Crippen molar-refractivity contribution in [1.82, 2.24) is 34.9 Å². The fraction of sp³-hybridized carbons (Fsp3) is 0.600. The number of aromatic nitrogens is 4. The molecule has 0 aromatic carbocycles. The van der Waals surface area contributed by atoms with E-state index in [1.54, 1.807) is 6.20 Å². The molecular weight excluding hydrogens is 354 g/mol. The lowest BCUT2D eigenvalue weighted by Gasteiger charge is -2.30. The number of piperidine rings is 1. The number of likely N-dealkylation sites (tertiary alicyclic amines) is 1. The first-order chi connectivity index (χ1) is 13.7. The van der Waals surface area contributed by atoms with Gasteiger partial charge in [-0.2, -0.15) is 0 Å². The summed E-state index contributed by atoms with van der Waals surface area (Å²) in [7, 11) is 2.16. The Morgan fingerprint density at radius 2 is 2.04 bits per heavy atom. The number of urea groups is 1. The minimum absolute atomic E-state index is 0.0476. The average Bonchev–Trinajstić information content (AvgIpc) is 2.96. The average molecular weight is 384 g/mol. The molecule has 1 fully saturated rings. The van der Waals surface area contributed by atoms with Crippen molar-refractivity contribution < 1.29 is 4.79 Å². The highest BCUT2D eigenvalue weighted by Gasteiger charge is 2.23. The molecule has 0 saturated carbocycles. The molecule has 0 bridgehead atoms. The summed E-state index contributed by atoms with van der Waals surface area (Å²) in [5, 5.41) is 11.9. The van der Waals surface area contributed by atoms with Crippen molar-refractivity contribution >= 4 is 6.03 Å². The highest BCUT2D eigenvalue weighted by atomic mass is 16.2. The maximum absolute atomic E-state index is 12.7. The number of amides is 2. The summed E-state index contributed by atoms with van der Waals surface area (Å²) in [6, 6.07) is 4.03.